The molecule has 0 aliphatic carbocycles. The lowest BCUT2D eigenvalue weighted by Crippen LogP contribution is -2.14. The maximum Gasteiger partial charge on any atom is 0.131 e. The Labute approximate surface area is 118 Å². The molecule has 20 heavy (non-hydrogen) atoms. The number of hydrogen-bond acceptors (Lipinski definition) is 5. The zero-order valence-electron chi connectivity index (χ0n) is 12.1. The summed E-state index contributed by atoms with van der Waals surface area (Å²) in [5, 5.41) is 0. The summed E-state index contributed by atoms with van der Waals surface area (Å²) < 4.78 is 21.4. The van der Waals surface area contributed by atoms with Crippen LogP contribution in [0, 0.1) is 6.92 Å². The number of hydrogen-bond donors (Lipinski definition) is 1. The molecule has 5 nitrogen and oxygen atoms in total. The summed E-state index contributed by atoms with van der Waals surface area (Å²) >= 11 is 0. The van der Waals surface area contributed by atoms with Crippen molar-refractivity contribution in [1.29, 1.82) is 0 Å². The Balaban J connectivity index is 2.53. The number of aryl methyl sites for hydroxylation is 1. The molecule has 5 heteroatoms. The smallest absolute Gasteiger partial charge is 0.131 e. The Morgan fingerprint density at radius 1 is 1.00 bits per heavy atom. The zero-order valence-corrected chi connectivity index (χ0v) is 12.1. The van der Waals surface area contributed by atoms with Crippen molar-refractivity contribution < 1.29 is 18.6 Å². The number of nitrogens with two attached hydrogens (primary N) is 1. The molecule has 0 saturated carbocycles. The van der Waals surface area contributed by atoms with Gasteiger partial charge in [-0.15, -0.1) is 0 Å². The van der Waals surface area contributed by atoms with Gasteiger partial charge in [0.25, 0.3) is 0 Å². The minimum absolute atomic E-state index is 0.400. The van der Waals surface area contributed by atoms with Crippen LogP contribution in [0.1, 0.15) is 22.9 Å². The number of benzene rings is 1. The number of rotatable bonds is 5. The van der Waals surface area contributed by atoms with Gasteiger partial charge in [-0.2, -0.15) is 0 Å². The van der Waals surface area contributed by atoms with Crippen molar-refractivity contribution in [3.05, 3.63) is 41.3 Å². The highest BCUT2D eigenvalue weighted by Crippen LogP contribution is 2.39. The first-order chi connectivity index (χ1) is 9.60. The Morgan fingerprint density at radius 2 is 1.60 bits per heavy atom. The lowest BCUT2D eigenvalue weighted by molar-refractivity contribution is 0.366. The van der Waals surface area contributed by atoms with Gasteiger partial charge in [0.1, 0.15) is 23.0 Å². The van der Waals surface area contributed by atoms with Crippen LogP contribution in [0.15, 0.2) is 28.9 Å². The lowest BCUT2D eigenvalue weighted by Gasteiger charge is -2.19. The second-order valence-corrected chi connectivity index (χ2v) is 4.41. The van der Waals surface area contributed by atoms with Gasteiger partial charge in [0.2, 0.25) is 0 Å². The molecule has 0 amide bonds. The van der Waals surface area contributed by atoms with Crippen LogP contribution in [-0.4, -0.2) is 21.3 Å². The second-order valence-electron chi connectivity index (χ2n) is 4.41. The van der Waals surface area contributed by atoms with Gasteiger partial charge < -0.3 is 24.4 Å². The third-order valence-corrected chi connectivity index (χ3v) is 3.17. The molecule has 0 fully saturated rings. The van der Waals surface area contributed by atoms with Crippen LogP contribution < -0.4 is 19.9 Å². The third kappa shape index (κ3) is 2.58. The minimum atomic E-state index is -0.400. The van der Waals surface area contributed by atoms with E-state index in [2.05, 4.69) is 0 Å². The first kappa shape index (κ1) is 14.3. The second kappa shape index (κ2) is 5.88. The van der Waals surface area contributed by atoms with E-state index in [9.17, 15) is 0 Å². The van der Waals surface area contributed by atoms with E-state index in [0.717, 1.165) is 16.9 Å². The third-order valence-electron chi connectivity index (χ3n) is 3.17. The average molecular weight is 277 g/mol. The highest BCUT2D eigenvalue weighted by Gasteiger charge is 2.22. The molecule has 0 spiro atoms. The van der Waals surface area contributed by atoms with E-state index < -0.39 is 6.04 Å². The fourth-order valence-corrected chi connectivity index (χ4v) is 2.13. The summed E-state index contributed by atoms with van der Waals surface area (Å²) in [6.07, 6.45) is 1.64. The molecule has 2 rings (SSSR count). The van der Waals surface area contributed by atoms with Crippen LogP contribution in [0.25, 0.3) is 0 Å². The molecule has 1 aromatic heterocycles. The maximum atomic E-state index is 6.31. The van der Waals surface area contributed by atoms with E-state index in [1.54, 1.807) is 39.7 Å². The van der Waals surface area contributed by atoms with Crippen molar-refractivity contribution in [1.82, 2.24) is 0 Å². The Hall–Kier alpha value is -2.14. The fourth-order valence-electron chi connectivity index (χ4n) is 2.13. The number of furan rings is 1. The maximum absolute atomic E-state index is 6.31. The van der Waals surface area contributed by atoms with Crippen LogP contribution in [-0.2, 0) is 0 Å². The van der Waals surface area contributed by atoms with E-state index in [-0.39, 0.29) is 0 Å². The number of methoxy groups -OCH3 is 3. The minimum Gasteiger partial charge on any atom is -0.496 e. The van der Waals surface area contributed by atoms with Crippen LogP contribution in [0.2, 0.25) is 0 Å². The summed E-state index contributed by atoms with van der Waals surface area (Å²) in [6, 6.07) is 5.06. The summed E-state index contributed by atoms with van der Waals surface area (Å²) in [5.74, 6) is 2.69. The normalized spacial score (nSPS) is 12.1. The van der Waals surface area contributed by atoms with Crippen molar-refractivity contribution in [2.75, 3.05) is 21.3 Å². The monoisotopic (exact) mass is 277 g/mol. The molecule has 1 unspecified atom stereocenters. The SMILES string of the molecule is COc1cc(OC)c(C(N)c2coc(C)c2)c(OC)c1. The van der Waals surface area contributed by atoms with Crippen molar-refractivity contribution in [3.8, 4) is 17.2 Å². The number of ether oxygens (including phenoxy) is 3. The van der Waals surface area contributed by atoms with E-state index >= 15 is 0 Å². The van der Waals surface area contributed by atoms with Crippen molar-refractivity contribution in [2.45, 2.75) is 13.0 Å². The molecule has 1 heterocycles. The molecule has 0 aliphatic rings. The summed E-state index contributed by atoms with van der Waals surface area (Å²) in [5.41, 5.74) is 7.94. The van der Waals surface area contributed by atoms with Gasteiger partial charge in [0.05, 0.1) is 39.2 Å². The van der Waals surface area contributed by atoms with Crippen LogP contribution >= 0.6 is 0 Å². The van der Waals surface area contributed by atoms with Gasteiger partial charge in [0, 0.05) is 17.7 Å². The van der Waals surface area contributed by atoms with Crippen molar-refractivity contribution in [3.63, 3.8) is 0 Å². The van der Waals surface area contributed by atoms with Crippen molar-refractivity contribution >= 4 is 0 Å². The van der Waals surface area contributed by atoms with E-state index in [1.165, 1.54) is 0 Å². The standard InChI is InChI=1S/C15H19NO4/c1-9-5-10(8-20-9)15(16)14-12(18-3)6-11(17-2)7-13(14)19-4/h5-8,15H,16H2,1-4H3. The molecule has 0 bridgehead atoms. The molecule has 0 radical (unpaired) electrons. The molecule has 1 aromatic carbocycles. The molecular weight excluding hydrogens is 258 g/mol. The summed E-state index contributed by atoms with van der Waals surface area (Å²) in [7, 11) is 4.77. The predicted molar refractivity (Wildman–Crippen MR) is 75.6 cm³/mol. The van der Waals surface area contributed by atoms with Gasteiger partial charge in [0.15, 0.2) is 0 Å². The molecule has 2 aromatic rings. The van der Waals surface area contributed by atoms with Crippen LogP contribution in [0.5, 0.6) is 17.2 Å². The summed E-state index contributed by atoms with van der Waals surface area (Å²) in [6.45, 7) is 1.87. The molecule has 0 saturated heterocycles. The largest absolute Gasteiger partial charge is 0.496 e. The predicted octanol–water partition coefficient (Wildman–Crippen LogP) is 2.66. The van der Waals surface area contributed by atoms with Gasteiger partial charge >= 0.3 is 0 Å². The summed E-state index contributed by atoms with van der Waals surface area (Å²) in [4.78, 5) is 0. The molecule has 2 N–H and O–H groups in total. The van der Waals surface area contributed by atoms with Crippen molar-refractivity contribution in [2.24, 2.45) is 5.73 Å². The van der Waals surface area contributed by atoms with Gasteiger partial charge in [-0.05, 0) is 13.0 Å². The Bertz CT molecular complexity index is 566. The first-order valence-electron chi connectivity index (χ1n) is 6.21. The molecule has 1 atom stereocenters. The molecular formula is C15H19NO4. The van der Waals surface area contributed by atoms with E-state index in [4.69, 9.17) is 24.4 Å². The van der Waals surface area contributed by atoms with E-state index in [1.807, 2.05) is 13.0 Å². The quantitative estimate of drug-likeness (QED) is 0.910. The van der Waals surface area contributed by atoms with E-state index in [0.29, 0.717) is 17.2 Å². The fraction of sp³-hybridized carbons (Fsp3) is 0.333. The highest BCUT2D eigenvalue weighted by molar-refractivity contribution is 5.54. The zero-order chi connectivity index (χ0) is 14.7. The Kier molecular flexibility index (Phi) is 4.20. The van der Waals surface area contributed by atoms with Gasteiger partial charge in [-0.25, -0.2) is 0 Å². The van der Waals surface area contributed by atoms with Crippen LogP contribution in [0.3, 0.4) is 0 Å². The first-order valence-corrected chi connectivity index (χ1v) is 6.21. The van der Waals surface area contributed by atoms with Crippen LogP contribution in [0.4, 0.5) is 0 Å². The van der Waals surface area contributed by atoms with Gasteiger partial charge in [-0.1, -0.05) is 0 Å². The molecule has 108 valence electrons. The topological polar surface area (TPSA) is 66.9 Å². The Morgan fingerprint density at radius 3 is 2.00 bits per heavy atom. The average Bonchev–Trinajstić information content (AvgIpc) is 2.91. The highest BCUT2D eigenvalue weighted by atomic mass is 16.5. The molecule has 0 aliphatic heterocycles. The lowest BCUT2D eigenvalue weighted by atomic mass is 9.99. The van der Waals surface area contributed by atoms with Gasteiger partial charge in [-0.3, -0.25) is 0 Å².